The summed E-state index contributed by atoms with van der Waals surface area (Å²) in [6.07, 6.45) is 4.30. The number of carbonyl (C=O) groups is 2. The van der Waals surface area contributed by atoms with Gasteiger partial charge in [0.05, 0.1) is 13.0 Å². The van der Waals surface area contributed by atoms with Gasteiger partial charge >= 0.3 is 5.97 Å². The molecular weight excluding hydrogens is 273 g/mol. The second-order valence-corrected chi connectivity index (χ2v) is 5.00. The van der Waals surface area contributed by atoms with E-state index in [1.54, 1.807) is 23.1 Å². The van der Waals surface area contributed by atoms with Gasteiger partial charge in [-0.3, -0.25) is 9.59 Å². The molecule has 21 heavy (non-hydrogen) atoms. The number of amides is 1. The molecule has 0 bridgehead atoms. The van der Waals surface area contributed by atoms with Crippen molar-refractivity contribution in [1.82, 2.24) is 4.90 Å². The largest absolute Gasteiger partial charge is 0.469 e. The van der Waals surface area contributed by atoms with Crippen LogP contribution in [0.25, 0.3) is 6.08 Å². The third kappa shape index (κ3) is 3.90. The van der Waals surface area contributed by atoms with Gasteiger partial charge < -0.3 is 9.64 Å². The van der Waals surface area contributed by atoms with Crippen molar-refractivity contribution in [2.45, 2.75) is 12.8 Å². The van der Waals surface area contributed by atoms with E-state index in [0.29, 0.717) is 18.7 Å². The molecule has 0 aliphatic carbocycles. The normalized spacial score (nSPS) is 18.8. The summed E-state index contributed by atoms with van der Waals surface area (Å²) in [7, 11) is 1.35. The molecule has 4 nitrogen and oxygen atoms in total. The van der Waals surface area contributed by atoms with E-state index >= 15 is 0 Å². The predicted octanol–water partition coefficient (Wildman–Crippen LogP) is 2.25. The summed E-state index contributed by atoms with van der Waals surface area (Å²) in [6, 6.07) is 6.26. The average Bonchev–Trinajstić information content (AvgIpc) is 2.53. The second kappa shape index (κ2) is 7.02. The van der Waals surface area contributed by atoms with Crippen LogP contribution in [-0.2, 0) is 14.3 Å². The highest BCUT2D eigenvalue weighted by molar-refractivity contribution is 5.92. The Balaban J connectivity index is 2.00. The zero-order chi connectivity index (χ0) is 15.2. The van der Waals surface area contributed by atoms with E-state index in [2.05, 4.69) is 0 Å². The summed E-state index contributed by atoms with van der Waals surface area (Å²) in [5.41, 5.74) is 0.368. The number of halogens is 1. The zero-order valence-electron chi connectivity index (χ0n) is 11.9. The van der Waals surface area contributed by atoms with Crippen LogP contribution < -0.4 is 0 Å². The first-order valence-corrected chi connectivity index (χ1v) is 6.91. The van der Waals surface area contributed by atoms with Crippen molar-refractivity contribution < 1.29 is 18.7 Å². The van der Waals surface area contributed by atoms with Gasteiger partial charge in [0, 0.05) is 24.7 Å². The lowest BCUT2D eigenvalue weighted by molar-refractivity contribution is -0.148. The van der Waals surface area contributed by atoms with Gasteiger partial charge in [-0.05, 0) is 25.0 Å². The Labute approximate surface area is 123 Å². The van der Waals surface area contributed by atoms with Gasteiger partial charge in [0.2, 0.25) is 5.91 Å². The maximum atomic E-state index is 13.5. The molecule has 1 aliphatic heterocycles. The quantitative estimate of drug-likeness (QED) is 0.634. The summed E-state index contributed by atoms with van der Waals surface area (Å²) in [5, 5.41) is 0. The van der Waals surface area contributed by atoms with Crippen LogP contribution in [0.1, 0.15) is 18.4 Å². The van der Waals surface area contributed by atoms with Crippen LogP contribution in [0.15, 0.2) is 30.3 Å². The highest BCUT2D eigenvalue weighted by Gasteiger charge is 2.28. The number of ether oxygens (including phenoxy) is 1. The molecule has 1 atom stereocenters. The number of esters is 1. The topological polar surface area (TPSA) is 46.6 Å². The van der Waals surface area contributed by atoms with E-state index < -0.39 is 0 Å². The molecule has 5 heteroatoms. The molecule has 1 heterocycles. The number of benzene rings is 1. The fourth-order valence-corrected chi connectivity index (χ4v) is 2.41. The van der Waals surface area contributed by atoms with Crippen LogP contribution in [0.5, 0.6) is 0 Å². The number of methoxy groups -OCH3 is 1. The minimum absolute atomic E-state index is 0.216. The van der Waals surface area contributed by atoms with Crippen molar-refractivity contribution in [3.05, 3.63) is 41.7 Å². The summed E-state index contributed by atoms with van der Waals surface area (Å²) in [4.78, 5) is 25.2. The van der Waals surface area contributed by atoms with E-state index in [0.717, 1.165) is 12.8 Å². The first-order valence-electron chi connectivity index (χ1n) is 6.91. The lowest BCUT2D eigenvalue weighted by atomic mass is 9.98. The summed E-state index contributed by atoms with van der Waals surface area (Å²) in [6.45, 7) is 0.959. The summed E-state index contributed by atoms with van der Waals surface area (Å²) < 4.78 is 18.2. The van der Waals surface area contributed by atoms with Crippen molar-refractivity contribution in [1.29, 1.82) is 0 Å². The predicted molar refractivity (Wildman–Crippen MR) is 76.8 cm³/mol. The molecule has 0 unspecified atom stereocenters. The third-order valence-corrected chi connectivity index (χ3v) is 3.58. The monoisotopic (exact) mass is 291 g/mol. The molecule has 0 N–H and O–H groups in total. The van der Waals surface area contributed by atoms with Crippen LogP contribution in [0, 0.1) is 11.7 Å². The molecule has 0 aromatic heterocycles. The Morgan fingerprint density at radius 3 is 2.86 bits per heavy atom. The van der Waals surface area contributed by atoms with Gasteiger partial charge in [-0.2, -0.15) is 0 Å². The maximum Gasteiger partial charge on any atom is 0.310 e. The SMILES string of the molecule is COC(=O)[C@H]1CCCN(C(=O)/C=C/c2ccccc2F)C1. The van der Waals surface area contributed by atoms with Crippen molar-refractivity contribution in [2.24, 2.45) is 5.92 Å². The molecule has 1 saturated heterocycles. The standard InChI is InChI=1S/C16H18FNO3/c1-21-16(20)13-6-4-10-18(11-13)15(19)9-8-12-5-2-3-7-14(12)17/h2-3,5,7-9,13H,4,6,10-11H2,1H3/b9-8+/t13-/m0/s1. The van der Waals surface area contributed by atoms with Crippen molar-refractivity contribution in [3.8, 4) is 0 Å². The lowest BCUT2D eigenvalue weighted by Gasteiger charge is -2.30. The molecule has 1 amide bonds. The van der Waals surface area contributed by atoms with Crippen LogP contribution in [0.4, 0.5) is 4.39 Å². The Morgan fingerprint density at radius 1 is 1.38 bits per heavy atom. The first-order chi connectivity index (χ1) is 10.1. The van der Waals surface area contributed by atoms with Gasteiger partial charge in [0.1, 0.15) is 5.82 Å². The van der Waals surface area contributed by atoms with Gasteiger partial charge in [0.15, 0.2) is 0 Å². The van der Waals surface area contributed by atoms with Gasteiger partial charge in [-0.15, -0.1) is 0 Å². The first kappa shape index (κ1) is 15.2. The van der Waals surface area contributed by atoms with Gasteiger partial charge in [0.25, 0.3) is 0 Å². The van der Waals surface area contributed by atoms with E-state index in [1.165, 1.54) is 25.3 Å². The zero-order valence-corrected chi connectivity index (χ0v) is 11.9. The second-order valence-electron chi connectivity index (χ2n) is 5.00. The highest BCUT2D eigenvalue weighted by atomic mass is 19.1. The number of hydrogen-bond acceptors (Lipinski definition) is 3. The van der Waals surface area contributed by atoms with E-state index in [9.17, 15) is 14.0 Å². The van der Waals surface area contributed by atoms with E-state index in [1.807, 2.05) is 0 Å². The minimum atomic E-state index is -0.368. The van der Waals surface area contributed by atoms with Crippen LogP contribution in [0.3, 0.4) is 0 Å². The minimum Gasteiger partial charge on any atom is -0.469 e. The van der Waals surface area contributed by atoms with E-state index in [-0.39, 0.29) is 23.6 Å². The molecule has 1 fully saturated rings. The Bertz CT molecular complexity index is 556. The number of carbonyl (C=O) groups excluding carboxylic acids is 2. The number of rotatable bonds is 3. The number of piperidine rings is 1. The van der Waals surface area contributed by atoms with Crippen LogP contribution in [-0.4, -0.2) is 37.0 Å². The molecule has 1 aliphatic rings. The summed E-state index contributed by atoms with van der Waals surface area (Å²) in [5.74, 6) is -1.14. The Kier molecular flexibility index (Phi) is 5.09. The lowest BCUT2D eigenvalue weighted by Crippen LogP contribution is -2.41. The molecule has 0 spiro atoms. The van der Waals surface area contributed by atoms with Crippen molar-refractivity contribution in [3.63, 3.8) is 0 Å². The van der Waals surface area contributed by atoms with Crippen molar-refractivity contribution >= 4 is 18.0 Å². The van der Waals surface area contributed by atoms with Gasteiger partial charge in [-0.1, -0.05) is 18.2 Å². The average molecular weight is 291 g/mol. The fourth-order valence-electron chi connectivity index (χ4n) is 2.41. The number of likely N-dealkylation sites (tertiary alicyclic amines) is 1. The Morgan fingerprint density at radius 2 is 2.14 bits per heavy atom. The molecule has 0 radical (unpaired) electrons. The molecule has 2 rings (SSSR count). The van der Waals surface area contributed by atoms with E-state index in [4.69, 9.17) is 4.74 Å². The summed E-state index contributed by atoms with van der Waals surface area (Å²) >= 11 is 0. The van der Waals surface area contributed by atoms with Crippen LogP contribution in [0.2, 0.25) is 0 Å². The smallest absolute Gasteiger partial charge is 0.310 e. The molecular formula is C16H18FNO3. The maximum absolute atomic E-state index is 13.5. The molecule has 0 saturated carbocycles. The fraction of sp³-hybridized carbons (Fsp3) is 0.375. The highest BCUT2D eigenvalue weighted by Crippen LogP contribution is 2.18. The number of hydrogen-bond donors (Lipinski definition) is 0. The third-order valence-electron chi connectivity index (χ3n) is 3.58. The van der Waals surface area contributed by atoms with Crippen molar-refractivity contribution in [2.75, 3.05) is 20.2 Å². The molecule has 112 valence electrons. The Hall–Kier alpha value is -2.17. The molecule has 1 aromatic rings. The molecule has 1 aromatic carbocycles. The van der Waals surface area contributed by atoms with Crippen LogP contribution >= 0.6 is 0 Å². The number of nitrogens with zero attached hydrogens (tertiary/aromatic N) is 1. The van der Waals surface area contributed by atoms with Gasteiger partial charge in [-0.25, -0.2) is 4.39 Å².